The Labute approximate surface area is 115 Å². The number of rotatable bonds is 3. The van der Waals surface area contributed by atoms with Gasteiger partial charge in [0.05, 0.1) is 0 Å². The highest BCUT2D eigenvalue weighted by molar-refractivity contribution is 5.01. The SMILES string of the molecule is NCC1CCC(c2nc(C3CCCCC3)no2)CC1. The molecule has 0 saturated heterocycles. The lowest BCUT2D eigenvalue weighted by Gasteiger charge is -2.25. The van der Waals surface area contributed by atoms with Crippen molar-refractivity contribution in [2.45, 2.75) is 69.6 Å². The predicted octanol–water partition coefficient (Wildman–Crippen LogP) is 3.35. The van der Waals surface area contributed by atoms with Crippen molar-refractivity contribution < 1.29 is 4.52 Å². The number of aromatic nitrogens is 2. The van der Waals surface area contributed by atoms with Crippen molar-refractivity contribution in [3.63, 3.8) is 0 Å². The quantitative estimate of drug-likeness (QED) is 0.908. The summed E-state index contributed by atoms with van der Waals surface area (Å²) in [4.78, 5) is 4.70. The van der Waals surface area contributed by atoms with E-state index in [1.54, 1.807) is 0 Å². The lowest BCUT2D eigenvalue weighted by molar-refractivity contribution is 0.273. The minimum absolute atomic E-state index is 0.479. The Hall–Kier alpha value is -0.900. The molecule has 1 aromatic heterocycles. The summed E-state index contributed by atoms with van der Waals surface area (Å²) in [5, 5.41) is 4.24. The molecule has 0 atom stereocenters. The second-order valence-electron chi connectivity index (χ2n) is 6.28. The predicted molar refractivity (Wildman–Crippen MR) is 73.9 cm³/mol. The molecule has 0 amide bonds. The Bertz CT molecular complexity index is 390. The molecule has 0 aliphatic heterocycles. The average Bonchev–Trinajstić information content (AvgIpc) is 2.98. The molecule has 19 heavy (non-hydrogen) atoms. The fraction of sp³-hybridized carbons (Fsp3) is 0.867. The fourth-order valence-corrected chi connectivity index (χ4v) is 3.58. The van der Waals surface area contributed by atoms with E-state index in [1.165, 1.54) is 44.9 Å². The molecule has 1 aromatic rings. The maximum Gasteiger partial charge on any atom is 0.229 e. The fourth-order valence-electron chi connectivity index (χ4n) is 3.58. The largest absolute Gasteiger partial charge is 0.339 e. The van der Waals surface area contributed by atoms with Gasteiger partial charge in [0.1, 0.15) is 0 Å². The average molecular weight is 263 g/mol. The van der Waals surface area contributed by atoms with Gasteiger partial charge in [-0.3, -0.25) is 0 Å². The summed E-state index contributed by atoms with van der Waals surface area (Å²) in [5.74, 6) is 3.59. The highest BCUT2D eigenvalue weighted by Gasteiger charge is 2.27. The van der Waals surface area contributed by atoms with Gasteiger partial charge in [0.25, 0.3) is 0 Å². The second-order valence-corrected chi connectivity index (χ2v) is 6.28. The van der Waals surface area contributed by atoms with Crippen LogP contribution >= 0.6 is 0 Å². The molecule has 4 heteroatoms. The molecular formula is C15H25N3O. The number of hydrogen-bond donors (Lipinski definition) is 1. The summed E-state index contributed by atoms with van der Waals surface area (Å²) in [6.45, 7) is 0.823. The first-order valence-electron chi connectivity index (χ1n) is 7.90. The van der Waals surface area contributed by atoms with Crippen LogP contribution in [0.1, 0.15) is 81.3 Å². The molecule has 2 fully saturated rings. The highest BCUT2D eigenvalue weighted by atomic mass is 16.5. The van der Waals surface area contributed by atoms with Gasteiger partial charge < -0.3 is 10.3 Å². The van der Waals surface area contributed by atoms with Gasteiger partial charge in [0.15, 0.2) is 5.82 Å². The van der Waals surface area contributed by atoms with Crippen LogP contribution in [0.4, 0.5) is 0 Å². The summed E-state index contributed by atoms with van der Waals surface area (Å²) in [6.07, 6.45) is 11.2. The first-order chi connectivity index (χ1) is 9.36. The van der Waals surface area contributed by atoms with E-state index >= 15 is 0 Å². The molecular weight excluding hydrogens is 238 g/mol. The first kappa shape index (κ1) is 13.1. The van der Waals surface area contributed by atoms with E-state index in [0.717, 1.165) is 31.1 Å². The van der Waals surface area contributed by atoms with Crippen molar-refractivity contribution in [3.8, 4) is 0 Å². The van der Waals surface area contributed by atoms with Crippen molar-refractivity contribution in [1.82, 2.24) is 10.1 Å². The van der Waals surface area contributed by atoms with Gasteiger partial charge in [-0.15, -0.1) is 0 Å². The zero-order valence-corrected chi connectivity index (χ0v) is 11.7. The second kappa shape index (κ2) is 6.04. The minimum Gasteiger partial charge on any atom is -0.339 e. The Morgan fingerprint density at radius 1 is 0.947 bits per heavy atom. The van der Waals surface area contributed by atoms with Crippen LogP contribution in [0.15, 0.2) is 4.52 Å². The van der Waals surface area contributed by atoms with Crippen molar-refractivity contribution in [2.75, 3.05) is 6.54 Å². The molecule has 0 aromatic carbocycles. The summed E-state index contributed by atoms with van der Waals surface area (Å²) >= 11 is 0. The van der Waals surface area contributed by atoms with Gasteiger partial charge >= 0.3 is 0 Å². The molecule has 2 saturated carbocycles. The molecule has 0 bridgehead atoms. The molecule has 1 heterocycles. The van der Waals surface area contributed by atoms with Crippen LogP contribution in [-0.4, -0.2) is 16.7 Å². The van der Waals surface area contributed by atoms with Gasteiger partial charge in [0, 0.05) is 11.8 Å². The molecule has 4 nitrogen and oxygen atoms in total. The van der Waals surface area contributed by atoms with Gasteiger partial charge in [-0.1, -0.05) is 24.4 Å². The Kier molecular flexibility index (Phi) is 4.16. The maximum atomic E-state index is 5.74. The maximum absolute atomic E-state index is 5.74. The minimum atomic E-state index is 0.479. The van der Waals surface area contributed by atoms with Gasteiger partial charge in [-0.05, 0) is 51.0 Å². The summed E-state index contributed by atoms with van der Waals surface area (Å²) in [7, 11) is 0. The molecule has 106 valence electrons. The van der Waals surface area contributed by atoms with Crippen LogP contribution in [0.2, 0.25) is 0 Å². The smallest absolute Gasteiger partial charge is 0.229 e. The van der Waals surface area contributed by atoms with E-state index in [1.807, 2.05) is 0 Å². The van der Waals surface area contributed by atoms with Gasteiger partial charge in [-0.25, -0.2) is 0 Å². The lowest BCUT2D eigenvalue weighted by atomic mass is 9.82. The lowest BCUT2D eigenvalue weighted by Crippen LogP contribution is -2.20. The summed E-state index contributed by atoms with van der Waals surface area (Å²) in [5.41, 5.74) is 5.74. The van der Waals surface area contributed by atoms with Crippen molar-refractivity contribution in [2.24, 2.45) is 11.7 Å². The summed E-state index contributed by atoms with van der Waals surface area (Å²) < 4.78 is 5.53. The number of hydrogen-bond acceptors (Lipinski definition) is 4. The molecule has 3 rings (SSSR count). The molecule has 0 spiro atoms. The standard InChI is InChI=1S/C15H25N3O/c16-10-11-6-8-13(9-7-11)15-17-14(18-19-15)12-4-2-1-3-5-12/h11-13H,1-10,16H2. The zero-order chi connectivity index (χ0) is 13.1. The van der Waals surface area contributed by atoms with E-state index in [-0.39, 0.29) is 0 Å². The highest BCUT2D eigenvalue weighted by Crippen LogP contribution is 2.36. The van der Waals surface area contributed by atoms with E-state index in [0.29, 0.717) is 17.8 Å². The van der Waals surface area contributed by atoms with Crippen molar-refractivity contribution >= 4 is 0 Å². The Morgan fingerprint density at radius 3 is 2.37 bits per heavy atom. The Morgan fingerprint density at radius 2 is 1.68 bits per heavy atom. The molecule has 0 radical (unpaired) electrons. The van der Waals surface area contributed by atoms with Crippen LogP contribution in [0.5, 0.6) is 0 Å². The monoisotopic (exact) mass is 263 g/mol. The number of nitrogens with zero attached hydrogens (tertiary/aromatic N) is 2. The molecule has 2 aliphatic carbocycles. The summed E-state index contributed by atoms with van der Waals surface area (Å²) in [6, 6.07) is 0. The van der Waals surface area contributed by atoms with E-state index in [2.05, 4.69) is 5.16 Å². The van der Waals surface area contributed by atoms with Crippen LogP contribution < -0.4 is 5.73 Å². The third-order valence-corrected chi connectivity index (χ3v) is 4.96. The molecule has 2 aliphatic rings. The van der Waals surface area contributed by atoms with Crippen LogP contribution in [-0.2, 0) is 0 Å². The van der Waals surface area contributed by atoms with Crippen molar-refractivity contribution in [1.29, 1.82) is 0 Å². The van der Waals surface area contributed by atoms with Crippen LogP contribution in [0, 0.1) is 5.92 Å². The number of nitrogens with two attached hydrogens (primary N) is 1. The normalized spacial score (nSPS) is 29.5. The topological polar surface area (TPSA) is 64.9 Å². The zero-order valence-electron chi connectivity index (χ0n) is 11.7. The van der Waals surface area contributed by atoms with E-state index < -0.39 is 0 Å². The van der Waals surface area contributed by atoms with E-state index in [4.69, 9.17) is 15.2 Å². The first-order valence-corrected chi connectivity index (χ1v) is 7.90. The van der Waals surface area contributed by atoms with E-state index in [9.17, 15) is 0 Å². The molecule has 2 N–H and O–H groups in total. The third-order valence-electron chi connectivity index (χ3n) is 4.96. The van der Waals surface area contributed by atoms with Gasteiger partial charge in [0.2, 0.25) is 5.89 Å². The Balaban J connectivity index is 1.61. The van der Waals surface area contributed by atoms with Crippen LogP contribution in [0.25, 0.3) is 0 Å². The van der Waals surface area contributed by atoms with Crippen LogP contribution in [0.3, 0.4) is 0 Å². The molecule has 0 unspecified atom stereocenters. The van der Waals surface area contributed by atoms with Gasteiger partial charge in [-0.2, -0.15) is 4.98 Å². The van der Waals surface area contributed by atoms with Crippen molar-refractivity contribution in [3.05, 3.63) is 11.7 Å². The third kappa shape index (κ3) is 2.99.